The first-order chi connectivity index (χ1) is 13.5. The smallest absolute Gasteiger partial charge is 0.336 e. The average Bonchev–Trinajstić information content (AvgIpc) is 3.14. The summed E-state index contributed by atoms with van der Waals surface area (Å²) in [6, 6.07) is 11.9. The van der Waals surface area contributed by atoms with Crippen molar-refractivity contribution in [2.75, 3.05) is 7.11 Å². The molecule has 4 aromatic rings. The third-order valence-corrected chi connectivity index (χ3v) is 5.14. The highest BCUT2D eigenvalue weighted by molar-refractivity contribution is 7.98. The quantitative estimate of drug-likeness (QED) is 0.405. The van der Waals surface area contributed by atoms with Crippen LogP contribution >= 0.6 is 11.8 Å². The van der Waals surface area contributed by atoms with Gasteiger partial charge in [0.1, 0.15) is 22.8 Å². The summed E-state index contributed by atoms with van der Waals surface area (Å²) in [7, 11) is 1.59. The standard InChI is InChI=1S/C19H16N4O4S/c1-11-3-6-16(26-2)15(7-11)23-19(20-21-22-23)28-10-12-8-18(25)27-17-9-13(24)4-5-14(12)17/h3-9,24H,10H2,1-2H3. The Morgan fingerprint density at radius 2 is 2.07 bits per heavy atom. The number of nitrogens with zero attached hydrogens (tertiary/aromatic N) is 4. The Balaban J connectivity index is 1.68. The van der Waals surface area contributed by atoms with Gasteiger partial charge in [-0.05, 0) is 52.7 Å². The van der Waals surface area contributed by atoms with Gasteiger partial charge in [0.25, 0.3) is 0 Å². The molecule has 0 spiro atoms. The van der Waals surface area contributed by atoms with Gasteiger partial charge in [-0.2, -0.15) is 4.68 Å². The molecule has 0 unspecified atom stereocenters. The van der Waals surface area contributed by atoms with E-state index in [-0.39, 0.29) is 5.75 Å². The Hall–Kier alpha value is -3.33. The first-order valence-electron chi connectivity index (χ1n) is 8.37. The summed E-state index contributed by atoms with van der Waals surface area (Å²) in [5.74, 6) is 1.14. The van der Waals surface area contributed by atoms with Crippen LogP contribution in [0.2, 0.25) is 0 Å². The van der Waals surface area contributed by atoms with Crippen molar-refractivity contribution in [1.82, 2.24) is 20.2 Å². The van der Waals surface area contributed by atoms with Crippen molar-refractivity contribution in [2.45, 2.75) is 17.8 Å². The van der Waals surface area contributed by atoms with Crippen molar-refractivity contribution in [2.24, 2.45) is 0 Å². The number of phenols is 1. The molecule has 0 radical (unpaired) electrons. The number of thioether (sulfide) groups is 1. The highest BCUT2D eigenvalue weighted by Gasteiger charge is 2.15. The Morgan fingerprint density at radius 3 is 2.89 bits per heavy atom. The molecule has 0 bridgehead atoms. The Kier molecular flexibility index (Phi) is 4.74. The second-order valence-corrected chi connectivity index (χ2v) is 7.05. The molecule has 142 valence electrons. The van der Waals surface area contributed by atoms with E-state index in [9.17, 15) is 9.90 Å². The Morgan fingerprint density at radius 1 is 1.21 bits per heavy atom. The fourth-order valence-electron chi connectivity index (χ4n) is 2.87. The molecule has 4 rings (SSSR count). The van der Waals surface area contributed by atoms with Gasteiger partial charge in [0.2, 0.25) is 5.16 Å². The number of fused-ring (bicyclic) bond motifs is 1. The second kappa shape index (κ2) is 7.35. The molecule has 0 aliphatic carbocycles. The monoisotopic (exact) mass is 396 g/mol. The zero-order valence-corrected chi connectivity index (χ0v) is 15.9. The fourth-order valence-corrected chi connectivity index (χ4v) is 3.74. The molecule has 2 aromatic carbocycles. The summed E-state index contributed by atoms with van der Waals surface area (Å²) in [6.45, 7) is 1.98. The van der Waals surface area contributed by atoms with Gasteiger partial charge in [-0.15, -0.1) is 5.10 Å². The maximum Gasteiger partial charge on any atom is 0.336 e. The molecule has 9 heteroatoms. The number of rotatable bonds is 5. The van der Waals surface area contributed by atoms with E-state index in [1.807, 2.05) is 25.1 Å². The Labute approximate surface area is 163 Å². The number of ether oxygens (including phenoxy) is 1. The van der Waals surface area contributed by atoms with Crippen molar-refractivity contribution in [1.29, 1.82) is 0 Å². The van der Waals surface area contributed by atoms with Crippen molar-refractivity contribution < 1.29 is 14.3 Å². The zero-order valence-electron chi connectivity index (χ0n) is 15.1. The number of aromatic hydroxyl groups is 1. The number of methoxy groups -OCH3 is 1. The van der Waals surface area contributed by atoms with E-state index in [2.05, 4.69) is 15.5 Å². The lowest BCUT2D eigenvalue weighted by Gasteiger charge is -2.10. The van der Waals surface area contributed by atoms with Gasteiger partial charge in [0, 0.05) is 23.3 Å². The molecule has 8 nitrogen and oxygen atoms in total. The topological polar surface area (TPSA) is 103 Å². The molecule has 28 heavy (non-hydrogen) atoms. The van der Waals surface area contributed by atoms with Crippen LogP contribution in [-0.2, 0) is 5.75 Å². The number of hydrogen-bond donors (Lipinski definition) is 1. The van der Waals surface area contributed by atoms with E-state index in [4.69, 9.17) is 9.15 Å². The number of aromatic nitrogens is 4. The van der Waals surface area contributed by atoms with Crippen molar-refractivity contribution in [3.8, 4) is 17.2 Å². The molecular weight excluding hydrogens is 380 g/mol. The van der Waals surface area contributed by atoms with E-state index in [0.717, 1.165) is 22.2 Å². The maximum atomic E-state index is 11.9. The summed E-state index contributed by atoms with van der Waals surface area (Å²) in [5.41, 5.74) is 2.41. The van der Waals surface area contributed by atoms with Crippen LogP contribution in [0.4, 0.5) is 0 Å². The van der Waals surface area contributed by atoms with E-state index < -0.39 is 5.63 Å². The highest BCUT2D eigenvalue weighted by Crippen LogP contribution is 2.30. The van der Waals surface area contributed by atoms with Crippen molar-refractivity contribution in [3.05, 3.63) is 64.0 Å². The number of hydrogen-bond acceptors (Lipinski definition) is 8. The molecule has 0 aliphatic rings. The molecule has 0 saturated heterocycles. The minimum absolute atomic E-state index is 0.0379. The predicted octanol–water partition coefficient (Wildman–Crippen LogP) is 3.08. The third-order valence-electron chi connectivity index (χ3n) is 4.17. The minimum Gasteiger partial charge on any atom is -0.508 e. The summed E-state index contributed by atoms with van der Waals surface area (Å²) in [4.78, 5) is 11.9. The third kappa shape index (κ3) is 3.44. The first kappa shape index (κ1) is 18.1. The van der Waals surface area contributed by atoms with Crippen LogP contribution in [0.25, 0.3) is 16.7 Å². The van der Waals surface area contributed by atoms with Crippen LogP contribution in [0, 0.1) is 6.92 Å². The lowest BCUT2D eigenvalue weighted by atomic mass is 10.1. The van der Waals surface area contributed by atoms with Gasteiger partial charge in [-0.1, -0.05) is 17.8 Å². The summed E-state index contributed by atoms with van der Waals surface area (Å²) in [6.07, 6.45) is 0. The molecule has 0 fully saturated rings. The van der Waals surface area contributed by atoms with Gasteiger partial charge in [0.15, 0.2) is 0 Å². The normalized spacial score (nSPS) is 11.1. The van der Waals surface area contributed by atoms with Crippen LogP contribution in [0.15, 0.2) is 56.8 Å². The van der Waals surface area contributed by atoms with E-state index in [1.165, 1.54) is 23.9 Å². The molecular formula is C19H16N4O4S. The molecule has 0 atom stereocenters. The van der Waals surface area contributed by atoms with Crippen LogP contribution in [0.5, 0.6) is 11.5 Å². The molecule has 1 N–H and O–H groups in total. The number of phenolic OH excluding ortho intramolecular Hbond substituents is 1. The average molecular weight is 396 g/mol. The second-order valence-electron chi connectivity index (χ2n) is 6.11. The molecule has 0 saturated carbocycles. The maximum absolute atomic E-state index is 11.9. The minimum atomic E-state index is -0.478. The number of tetrazole rings is 1. The van der Waals surface area contributed by atoms with Gasteiger partial charge in [0.05, 0.1) is 7.11 Å². The van der Waals surface area contributed by atoms with Crippen LogP contribution < -0.4 is 10.4 Å². The van der Waals surface area contributed by atoms with E-state index in [1.54, 1.807) is 23.9 Å². The molecule has 2 aromatic heterocycles. The SMILES string of the molecule is COc1ccc(C)cc1-n1nnnc1SCc1cc(=O)oc2cc(O)ccc12. The van der Waals surface area contributed by atoms with Crippen molar-refractivity contribution in [3.63, 3.8) is 0 Å². The van der Waals surface area contributed by atoms with Gasteiger partial charge in [-0.25, -0.2) is 4.79 Å². The summed E-state index contributed by atoms with van der Waals surface area (Å²) in [5, 5.41) is 22.9. The largest absolute Gasteiger partial charge is 0.508 e. The zero-order chi connectivity index (χ0) is 19.7. The van der Waals surface area contributed by atoms with Gasteiger partial charge in [-0.3, -0.25) is 0 Å². The summed E-state index contributed by atoms with van der Waals surface area (Å²) >= 11 is 1.38. The van der Waals surface area contributed by atoms with Gasteiger partial charge >= 0.3 is 5.63 Å². The van der Waals surface area contributed by atoms with Crippen LogP contribution in [-0.4, -0.2) is 32.4 Å². The van der Waals surface area contributed by atoms with Gasteiger partial charge < -0.3 is 14.3 Å². The van der Waals surface area contributed by atoms with Crippen LogP contribution in [0.3, 0.4) is 0 Å². The lowest BCUT2D eigenvalue weighted by molar-refractivity contribution is 0.410. The number of aryl methyl sites for hydroxylation is 1. The van der Waals surface area contributed by atoms with E-state index >= 15 is 0 Å². The molecule has 0 aliphatic heterocycles. The summed E-state index contributed by atoms with van der Waals surface area (Å²) < 4.78 is 12.2. The molecule has 0 amide bonds. The van der Waals surface area contributed by atoms with Crippen LogP contribution in [0.1, 0.15) is 11.1 Å². The Bertz CT molecular complexity index is 1220. The predicted molar refractivity (Wildman–Crippen MR) is 104 cm³/mol. The molecule has 2 heterocycles. The van der Waals surface area contributed by atoms with Crippen molar-refractivity contribution >= 4 is 22.7 Å². The number of benzene rings is 2. The van der Waals surface area contributed by atoms with E-state index in [0.29, 0.717) is 22.2 Å². The fraction of sp³-hybridized carbons (Fsp3) is 0.158. The highest BCUT2D eigenvalue weighted by atomic mass is 32.2. The first-order valence-corrected chi connectivity index (χ1v) is 9.35. The lowest BCUT2D eigenvalue weighted by Crippen LogP contribution is -2.03.